The fourth-order valence-corrected chi connectivity index (χ4v) is 3.39. The molecule has 0 saturated heterocycles. The lowest BCUT2D eigenvalue weighted by Crippen LogP contribution is -2.37. The summed E-state index contributed by atoms with van der Waals surface area (Å²) >= 11 is 5.96. The number of benzene rings is 2. The Bertz CT molecular complexity index is 1140. The summed E-state index contributed by atoms with van der Waals surface area (Å²) in [6, 6.07) is 13.4. The van der Waals surface area contributed by atoms with E-state index in [1.165, 1.54) is 30.6 Å². The number of nitrogens with zero attached hydrogens (tertiary/aromatic N) is 1. The molecule has 0 radical (unpaired) electrons. The maximum absolute atomic E-state index is 14.2. The largest absolute Gasteiger partial charge is 0.369 e. The van der Waals surface area contributed by atoms with Crippen LogP contribution in [-0.4, -0.2) is 25.6 Å². The molecular weight excluding hydrogens is 417 g/mol. The number of halogens is 2. The number of sulfonamides is 1. The number of carbonyl (C=O) groups is 1. The molecule has 1 heterocycles. The fourth-order valence-electron chi connectivity index (χ4n) is 2.74. The molecule has 0 fully saturated rings. The van der Waals surface area contributed by atoms with Crippen molar-refractivity contribution >= 4 is 33.2 Å². The number of hydrogen-bond donors (Lipinski definition) is 2. The summed E-state index contributed by atoms with van der Waals surface area (Å²) in [6.45, 7) is 0. The summed E-state index contributed by atoms with van der Waals surface area (Å²) in [4.78, 5) is 16.7. The van der Waals surface area contributed by atoms with Gasteiger partial charge in [-0.3, -0.25) is 14.5 Å². The first-order valence-electron chi connectivity index (χ1n) is 8.46. The van der Waals surface area contributed by atoms with E-state index in [4.69, 9.17) is 11.6 Å². The minimum Gasteiger partial charge on any atom is -0.369 e. The number of carbonyl (C=O) groups excluding carboxylic acids is 1. The van der Waals surface area contributed by atoms with Crippen LogP contribution in [0.25, 0.3) is 11.1 Å². The predicted octanol–water partition coefficient (Wildman–Crippen LogP) is 3.77. The SMILES string of the molecule is CS(=O)(=O)NC(=O)C(Nc1cncc(-c2cc(Cl)ccc2F)c1)c1ccccc1. The number of hydrogen-bond acceptors (Lipinski definition) is 5. The lowest BCUT2D eigenvalue weighted by molar-refractivity contribution is -0.120. The zero-order valence-corrected chi connectivity index (χ0v) is 16.8. The van der Waals surface area contributed by atoms with Gasteiger partial charge < -0.3 is 5.32 Å². The monoisotopic (exact) mass is 433 g/mol. The van der Waals surface area contributed by atoms with E-state index in [2.05, 4.69) is 10.3 Å². The average molecular weight is 434 g/mol. The number of nitrogens with one attached hydrogen (secondary N) is 2. The highest BCUT2D eigenvalue weighted by Gasteiger charge is 2.23. The average Bonchev–Trinajstić information content (AvgIpc) is 2.67. The van der Waals surface area contributed by atoms with E-state index < -0.39 is 27.8 Å². The van der Waals surface area contributed by atoms with Gasteiger partial charge in [0.25, 0.3) is 5.91 Å². The number of rotatable bonds is 6. The van der Waals surface area contributed by atoms with Crippen molar-refractivity contribution in [2.24, 2.45) is 0 Å². The second kappa shape index (κ2) is 8.59. The minimum atomic E-state index is -3.75. The summed E-state index contributed by atoms with van der Waals surface area (Å²) in [6.07, 6.45) is 3.82. The van der Waals surface area contributed by atoms with Crippen molar-refractivity contribution in [1.82, 2.24) is 9.71 Å². The molecule has 0 spiro atoms. The molecule has 1 atom stereocenters. The molecule has 0 bridgehead atoms. The summed E-state index contributed by atoms with van der Waals surface area (Å²) < 4.78 is 39.2. The summed E-state index contributed by atoms with van der Waals surface area (Å²) in [5.74, 6) is -1.22. The van der Waals surface area contributed by atoms with Gasteiger partial charge >= 0.3 is 0 Å². The van der Waals surface area contributed by atoms with Crippen LogP contribution in [0.1, 0.15) is 11.6 Å². The van der Waals surface area contributed by atoms with Crippen LogP contribution in [0.3, 0.4) is 0 Å². The van der Waals surface area contributed by atoms with Crippen LogP contribution in [-0.2, 0) is 14.8 Å². The first kappa shape index (κ1) is 20.8. The Labute approximate surface area is 172 Å². The van der Waals surface area contributed by atoms with Gasteiger partial charge in [-0.2, -0.15) is 0 Å². The van der Waals surface area contributed by atoms with Crippen molar-refractivity contribution < 1.29 is 17.6 Å². The van der Waals surface area contributed by atoms with Gasteiger partial charge in [0.1, 0.15) is 11.9 Å². The zero-order chi connectivity index (χ0) is 21.0. The van der Waals surface area contributed by atoms with Crippen LogP contribution in [0.5, 0.6) is 0 Å². The van der Waals surface area contributed by atoms with Crippen LogP contribution in [0, 0.1) is 5.82 Å². The first-order chi connectivity index (χ1) is 13.7. The molecule has 29 heavy (non-hydrogen) atoms. The molecule has 1 amide bonds. The highest BCUT2D eigenvalue weighted by Crippen LogP contribution is 2.28. The highest BCUT2D eigenvalue weighted by molar-refractivity contribution is 7.89. The highest BCUT2D eigenvalue weighted by atomic mass is 35.5. The molecule has 2 N–H and O–H groups in total. The van der Waals surface area contributed by atoms with Crippen LogP contribution in [0.2, 0.25) is 5.02 Å². The van der Waals surface area contributed by atoms with Crippen molar-refractivity contribution in [2.75, 3.05) is 11.6 Å². The van der Waals surface area contributed by atoms with E-state index in [1.54, 1.807) is 36.4 Å². The van der Waals surface area contributed by atoms with E-state index in [-0.39, 0.29) is 5.56 Å². The molecule has 3 rings (SSSR count). The zero-order valence-electron chi connectivity index (χ0n) is 15.3. The van der Waals surface area contributed by atoms with Gasteiger partial charge in [0.15, 0.2) is 0 Å². The van der Waals surface area contributed by atoms with Crippen molar-refractivity contribution in [3.8, 4) is 11.1 Å². The topological polar surface area (TPSA) is 88.2 Å². The molecule has 6 nitrogen and oxygen atoms in total. The number of anilines is 1. The second-order valence-electron chi connectivity index (χ2n) is 6.31. The molecule has 2 aromatic carbocycles. The number of aromatic nitrogens is 1. The third-order valence-corrected chi connectivity index (χ3v) is 4.78. The van der Waals surface area contributed by atoms with Crippen molar-refractivity contribution in [3.63, 3.8) is 0 Å². The van der Waals surface area contributed by atoms with Crippen LogP contribution in [0.15, 0.2) is 67.0 Å². The normalized spacial score (nSPS) is 12.2. The van der Waals surface area contributed by atoms with Crippen molar-refractivity contribution in [1.29, 1.82) is 0 Å². The lowest BCUT2D eigenvalue weighted by atomic mass is 10.0. The summed E-state index contributed by atoms with van der Waals surface area (Å²) in [5, 5.41) is 3.34. The van der Waals surface area contributed by atoms with E-state index in [0.29, 0.717) is 21.8 Å². The lowest BCUT2D eigenvalue weighted by Gasteiger charge is -2.19. The Balaban J connectivity index is 1.96. The Kier molecular flexibility index (Phi) is 6.14. The Morgan fingerprint density at radius 2 is 1.83 bits per heavy atom. The first-order valence-corrected chi connectivity index (χ1v) is 10.7. The van der Waals surface area contributed by atoms with Gasteiger partial charge in [-0.1, -0.05) is 41.9 Å². The molecule has 0 aliphatic carbocycles. The smallest absolute Gasteiger partial charge is 0.260 e. The van der Waals surface area contributed by atoms with E-state index in [9.17, 15) is 17.6 Å². The molecule has 3 aromatic rings. The fraction of sp³-hybridized carbons (Fsp3) is 0.100. The van der Waals surface area contributed by atoms with Gasteiger partial charge in [0.2, 0.25) is 10.0 Å². The van der Waals surface area contributed by atoms with Gasteiger partial charge in [0.05, 0.1) is 18.1 Å². The second-order valence-corrected chi connectivity index (χ2v) is 8.50. The van der Waals surface area contributed by atoms with Gasteiger partial charge in [-0.25, -0.2) is 12.8 Å². The molecule has 0 saturated carbocycles. The standard InChI is InChI=1S/C20H17ClFN3O3S/c1-29(27,28)25-20(26)19(13-5-3-2-4-6-13)24-16-9-14(11-23-12-16)17-10-15(21)7-8-18(17)22/h2-12,19,24H,1H3,(H,25,26). The van der Waals surface area contributed by atoms with Crippen LogP contribution in [0.4, 0.5) is 10.1 Å². The van der Waals surface area contributed by atoms with E-state index in [1.807, 2.05) is 4.72 Å². The van der Waals surface area contributed by atoms with E-state index >= 15 is 0 Å². The molecule has 150 valence electrons. The molecule has 1 aromatic heterocycles. The quantitative estimate of drug-likeness (QED) is 0.617. The predicted molar refractivity (Wildman–Crippen MR) is 110 cm³/mol. The third kappa shape index (κ3) is 5.52. The molecule has 0 aliphatic rings. The molecular formula is C20H17ClFN3O3S. The summed E-state index contributed by atoms with van der Waals surface area (Å²) in [5.41, 5.74) is 1.66. The van der Waals surface area contributed by atoms with Gasteiger partial charge in [0, 0.05) is 22.3 Å². The van der Waals surface area contributed by atoms with Gasteiger partial charge in [-0.15, -0.1) is 0 Å². The maximum atomic E-state index is 14.2. The Hall–Kier alpha value is -2.97. The minimum absolute atomic E-state index is 0.255. The number of amides is 1. The Morgan fingerprint density at radius 1 is 1.10 bits per heavy atom. The molecule has 1 unspecified atom stereocenters. The maximum Gasteiger partial charge on any atom is 0.260 e. The Morgan fingerprint density at radius 3 is 2.52 bits per heavy atom. The van der Waals surface area contributed by atoms with Crippen LogP contribution < -0.4 is 10.0 Å². The molecule has 0 aliphatic heterocycles. The van der Waals surface area contributed by atoms with Crippen LogP contribution >= 0.6 is 11.6 Å². The van der Waals surface area contributed by atoms with Crippen molar-refractivity contribution in [2.45, 2.75) is 6.04 Å². The third-order valence-electron chi connectivity index (χ3n) is 3.97. The van der Waals surface area contributed by atoms with E-state index in [0.717, 1.165) is 6.26 Å². The van der Waals surface area contributed by atoms with Gasteiger partial charge in [-0.05, 0) is 29.8 Å². The summed E-state index contributed by atoms with van der Waals surface area (Å²) in [7, 11) is -3.75. The molecule has 9 heteroatoms. The number of pyridine rings is 1. The van der Waals surface area contributed by atoms with Crippen molar-refractivity contribution in [3.05, 3.63) is 83.4 Å².